The molecule has 0 fully saturated rings. The molecule has 2 aliphatic rings. The number of benzene rings is 4. The summed E-state index contributed by atoms with van der Waals surface area (Å²) in [5.41, 5.74) is 6.21. The summed E-state index contributed by atoms with van der Waals surface area (Å²) in [6.45, 7) is 2.58. The van der Waals surface area contributed by atoms with E-state index in [0.29, 0.717) is 18.4 Å². The van der Waals surface area contributed by atoms with Gasteiger partial charge in [-0.3, -0.25) is 0 Å². The first kappa shape index (κ1) is 22.2. The third-order valence-electron chi connectivity index (χ3n) is 7.38. The van der Waals surface area contributed by atoms with Gasteiger partial charge in [-0.2, -0.15) is 0 Å². The zero-order valence-corrected chi connectivity index (χ0v) is 21.5. The van der Waals surface area contributed by atoms with Crippen LogP contribution in [0.3, 0.4) is 0 Å². The lowest BCUT2D eigenvalue weighted by molar-refractivity contribution is 0.282. The highest BCUT2D eigenvalue weighted by Crippen LogP contribution is 2.52. The molecule has 1 aliphatic heterocycles. The summed E-state index contributed by atoms with van der Waals surface area (Å²) >= 11 is 3.79. The Balaban J connectivity index is 1.36. The Kier molecular flexibility index (Phi) is 5.77. The highest BCUT2D eigenvalue weighted by Gasteiger charge is 2.39. The first-order valence-electron chi connectivity index (χ1n) is 12.1. The van der Waals surface area contributed by atoms with Gasteiger partial charge in [0.1, 0.15) is 6.61 Å². The van der Waals surface area contributed by atoms with Crippen LogP contribution in [0, 0.1) is 12.8 Å². The third kappa shape index (κ3) is 4.00. The number of allylic oxidation sites excluding steroid dienone is 2. The maximum atomic E-state index is 6.22. The SMILES string of the molecule is COc1cc([C@@H]2Nc3c(ccc4ccccc34)[C@@H]3C=CC[C@@H]32)cc(Br)c1OCc1ccc(C)cc1. The van der Waals surface area contributed by atoms with Crippen molar-refractivity contribution in [3.05, 3.63) is 112 Å². The summed E-state index contributed by atoms with van der Waals surface area (Å²) in [5, 5.41) is 6.47. The Morgan fingerprint density at radius 1 is 1.00 bits per heavy atom. The van der Waals surface area contributed by atoms with Gasteiger partial charge < -0.3 is 14.8 Å². The predicted octanol–water partition coefficient (Wildman–Crippen LogP) is 8.32. The molecule has 0 saturated heterocycles. The molecule has 3 atom stereocenters. The summed E-state index contributed by atoms with van der Waals surface area (Å²) in [4.78, 5) is 0. The van der Waals surface area contributed by atoms with Gasteiger partial charge in [0.2, 0.25) is 0 Å². The second kappa shape index (κ2) is 9.09. The van der Waals surface area contributed by atoms with E-state index in [1.54, 1.807) is 7.11 Å². The minimum atomic E-state index is 0.171. The monoisotopic (exact) mass is 525 g/mol. The molecule has 0 bridgehead atoms. The molecule has 4 aromatic carbocycles. The van der Waals surface area contributed by atoms with E-state index in [4.69, 9.17) is 9.47 Å². The summed E-state index contributed by atoms with van der Waals surface area (Å²) in [5.74, 6) is 2.34. The minimum Gasteiger partial charge on any atom is -0.493 e. The molecular formula is C31H28BrNO2. The van der Waals surface area contributed by atoms with E-state index in [9.17, 15) is 0 Å². The zero-order chi connectivity index (χ0) is 23.9. The van der Waals surface area contributed by atoms with E-state index in [1.807, 2.05) is 0 Å². The van der Waals surface area contributed by atoms with Gasteiger partial charge in [0, 0.05) is 17.0 Å². The third-order valence-corrected chi connectivity index (χ3v) is 7.97. The van der Waals surface area contributed by atoms with Crippen molar-refractivity contribution >= 4 is 32.4 Å². The molecule has 0 amide bonds. The van der Waals surface area contributed by atoms with Crippen LogP contribution >= 0.6 is 15.9 Å². The van der Waals surface area contributed by atoms with Crippen LogP contribution in [-0.2, 0) is 6.61 Å². The van der Waals surface area contributed by atoms with E-state index in [0.717, 1.165) is 28.0 Å². The number of hydrogen-bond acceptors (Lipinski definition) is 3. The van der Waals surface area contributed by atoms with Gasteiger partial charge >= 0.3 is 0 Å². The fourth-order valence-corrected chi connectivity index (χ4v) is 6.14. The molecule has 0 radical (unpaired) electrons. The molecule has 3 nitrogen and oxygen atoms in total. The number of halogens is 1. The van der Waals surface area contributed by atoms with E-state index >= 15 is 0 Å². The topological polar surface area (TPSA) is 30.5 Å². The molecule has 0 saturated carbocycles. The highest BCUT2D eigenvalue weighted by atomic mass is 79.9. The Hall–Kier alpha value is -3.24. The van der Waals surface area contributed by atoms with Crippen LogP contribution < -0.4 is 14.8 Å². The standard InChI is InChI=1S/C31H28BrNO2/c1-19-10-12-20(13-11-19)18-35-31-27(32)16-22(17-28(31)34-2)29-25-9-5-8-24(25)26-15-14-21-6-3-4-7-23(21)30(26)33-29/h3-8,10-17,24-25,29,33H,9,18H2,1-2H3/t24-,25+,29+/m1/s1. The Bertz CT molecular complexity index is 1430. The molecule has 1 aliphatic carbocycles. The Morgan fingerprint density at radius 2 is 1.83 bits per heavy atom. The second-order valence-corrected chi connectivity index (χ2v) is 10.4. The average Bonchev–Trinajstić information content (AvgIpc) is 3.38. The first-order chi connectivity index (χ1) is 17.1. The van der Waals surface area contributed by atoms with Crippen LogP contribution in [0.5, 0.6) is 11.5 Å². The molecule has 6 rings (SSSR count). The quantitative estimate of drug-likeness (QED) is 0.265. The number of hydrogen-bond donors (Lipinski definition) is 1. The molecule has 1 heterocycles. The van der Waals surface area contributed by atoms with E-state index in [1.165, 1.54) is 33.2 Å². The van der Waals surface area contributed by atoms with Gasteiger partial charge in [-0.15, -0.1) is 0 Å². The number of anilines is 1. The van der Waals surface area contributed by atoms with Gasteiger partial charge in [0.05, 0.1) is 17.6 Å². The number of nitrogens with one attached hydrogen (secondary N) is 1. The van der Waals surface area contributed by atoms with Crippen molar-refractivity contribution in [1.82, 2.24) is 0 Å². The van der Waals surface area contributed by atoms with Gasteiger partial charge in [0.25, 0.3) is 0 Å². The van der Waals surface area contributed by atoms with Crippen LogP contribution in [0.15, 0.2) is 89.4 Å². The summed E-state index contributed by atoms with van der Waals surface area (Å²) in [6.07, 6.45) is 5.78. The largest absolute Gasteiger partial charge is 0.493 e. The smallest absolute Gasteiger partial charge is 0.175 e. The van der Waals surface area contributed by atoms with Crippen LogP contribution in [0.2, 0.25) is 0 Å². The second-order valence-electron chi connectivity index (χ2n) is 9.53. The van der Waals surface area contributed by atoms with Crippen molar-refractivity contribution in [3.8, 4) is 11.5 Å². The number of fused-ring (bicyclic) bond motifs is 5. The molecule has 0 spiro atoms. The van der Waals surface area contributed by atoms with Crippen molar-refractivity contribution in [2.45, 2.75) is 31.9 Å². The van der Waals surface area contributed by atoms with Gasteiger partial charge in [-0.05, 0) is 69.4 Å². The van der Waals surface area contributed by atoms with E-state index in [2.05, 4.69) is 113 Å². The van der Waals surface area contributed by atoms with Crippen molar-refractivity contribution in [2.75, 3.05) is 12.4 Å². The summed E-state index contributed by atoms with van der Waals surface area (Å²) in [7, 11) is 1.71. The van der Waals surface area contributed by atoms with Crippen molar-refractivity contribution < 1.29 is 9.47 Å². The number of methoxy groups -OCH3 is 1. The van der Waals surface area contributed by atoms with Crippen LogP contribution in [0.4, 0.5) is 5.69 Å². The van der Waals surface area contributed by atoms with Crippen LogP contribution in [-0.4, -0.2) is 7.11 Å². The number of rotatable bonds is 5. The highest BCUT2D eigenvalue weighted by molar-refractivity contribution is 9.10. The fraction of sp³-hybridized carbons (Fsp3) is 0.226. The maximum Gasteiger partial charge on any atom is 0.175 e. The van der Waals surface area contributed by atoms with Crippen LogP contribution in [0.25, 0.3) is 10.8 Å². The average molecular weight is 526 g/mol. The zero-order valence-electron chi connectivity index (χ0n) is 19.9. The molecule has 0 unspecified atom stereocenters. The normalized spacial score (nSPS) is 20.3. The van der Waals surface area contributed by atoms with Gasteiger partial charge in [0.15, 0.2) is 11.5 Å². The number of ether oxygens (including phenoxy) is 2. The molecule has 4 heteroatoms. The molecule has 0 aromatic heterocycles. The lowest BCUT2D eigenvalue weighted by atomic mass is 9.76. The van der Waals surface area contributed by atoms with Crippen molar-refractivity contribution in [3.63, 3.8) is 0 Å². The van der Waals surface area contributed by atoms with Crippen molar-refractivity contribution in [1.29, 1.82) is 0 Å². The molecule has 1 N–H and O–H groups in total. The molecular weight excluding hydrogens is 498 g/mol. The summed E-state index contributed by atoms with van der Waals surface area (Å²) < 4.78 is 13.0. The fourth-order valence-electron chi connectivity index (χ4n) is 5.57. The van der Waals surface area contributed by atoms with Gasteiger partial charge in [-0.1, -0.05) is 78.4 Å². The predicted molar refractivity (Wildman–Crippen MR) is 147 cm³/mol. The lowest BCUT2D eigenvalue weighted by Crippen LogP contribution is -2.29. The van der Waals surface area contributed by atoms with Crippen LogP contribution in [0.1, 0.15) is 40.6 Å². The molecule has 35 heavy (non-hydrogen) atoms. The Labute approximate surface area is 214 Å². The van der Waals surface area contributed by atoms with E-state index < -0.39 is 0 Å². The number of aryl methyl sites for hydroxylation is 1. The van der Waals surface area contributed by atoms with Gasteiger partial charge in [-0.25, -0.2) is 0 Å². The first-order valence-corrected chi connectivity index (χ1v) is 12.9. The minimum absolute atomic E-state index is 0.171. The lowest BCUT2D eigenvalue weighted by Gasteiger charge is -2.38. The summed E-state index contributed by atoms with van der Waals surface area (Å²) in [6, 6.07) is 26.1. The molecule has 4 aromatic rings. The Morgan fingerprint density at radius 3 is 2.66 bits per heavy atom. The maximum absolute atomic E-state index is 6.22. The van der Waals surface area contributed by atoms with E-state index in [-0.39, 0.29) is 6.04 Å². The van der Waals surface area contributed by atoms with Crippen molar-refractivity contribution in [2.24, 2.45) is 5.92 Å². The molecule has 176 valence electrons.